The molecule has 6 heteroatoms. The third-order valence-electron chi connectivity index (χ3n) is 4.56. The Bertz CT molecular complexity index is 716. The fourth-order valence-electron chi connectivity index (χ4n) is 3.07. The molecule has 4 nitrogen and oxygen atoms in total. The predicted molar refractivity (Wildman–Crippen MR) is 91.2 cm³/mol. The van der Waals surface area contributed by atoms with Gasteiger partial charge in [-0.25, -0.2) is 8.78 Å². The van der Waals surface area contributed by atoms with Crippen LogP contribution in [0.1, 0.15) is 28.8 Å². The van der Waals surface area contributed by atoms with E-state index in [0.29, 0.717) is 0 Å². The smallest absolute Gasteiger partial charge is 0.254 e. The second-order valence-electron chi connectivity index (χ2n) is 6.32. The summed E-state index contributed by atoms with van der Waals surface area (Å²) in [5.41, 5.74) is 1.15. The molecular weight excluding hydrogens is 324 g/mol. The van der Waals surface area contributed by atoms with Crippen LogP contribution in [0.4, 0.5) is 8.78 Å². The van der Waals surface area contributed by atoms with Crippen molar-refractivity contribution in [1.29, 1.82) is 0 Å². The standard InChI is InChI=1S/C19H21F2N3O/c20-15-1-2-17(18(21)13-15)19(25)23-16-6-11-24(12-7-16)10-5-14-3-8-22-9-4-14/h1-4,8-9,13,16H,5-7,10-12H2,(H,23,25). The van der Waals surface area contributed by atoms with Crippen molar-refractivity contribution in [3.63, 3.8) is 0 Å². The molecule has 1 N–H and O–H groups in total. The van der Waals surface area contributed by atoms with Gasteiger partial charge in [0, 0.05) is 44.1 Å². The van der Waals surface area contributed by atoms with E-state index in [1.54, 1.807) is 12.4 Å². The zero-order valence-corrected chi connectivity index (χ0v) is 13.9. The first kappa shape index (κ1) is 17.5. The molecule has 1 aliphatic rings. The number of likely N-dealkylation sites (tertiary alicyclic amines) is 1. The van der Waals surface area contributed by atoms with Gasteiger partial charge >= 0.3 is 0 Å². The number of piperidine rings is 1. The molecule has 1 aromatic carbocycles. The zero-order chi connectivity index (χ0) is 17.6. The molecule has 1 fully saturated rings. The van der Waals surface area contributed by atoms with Crippen LogP contribution >= 0.6 is 0 Å². The lowest BCUT2D eigenvalue weighted by molar-refractivity contribution is 0.0907. The molecule has 0 atom stereocenters. The number of carbonyl (C=O) groups is 1. The normalized spacial score (nSPS) is 15.9. The van der Waals surface area contributed by atoms with Crippen molar-refractivity contribution in [3.8, 4) is 0 Å². The van der Waals surface area contributed by atoms with Gasteiger partial charge in [0.05, 0.1) is 5.56 Å². The summed E-state index contributed by atoms with van der Waals surface area (Å²) in [6.45, 7) is 2.75. The molecule has 25 heavy (non-hydrogen) atoms. The van der Waals surface area contributed by atoms with Gasteiger partial charge in [-0.15, -0.1) is 0 Å². The van der Waals surface area contributed by atoms with Crippen molar-refractivity contribution in [2.45, 2.75) is 25.3 Å². The maximum Gasteiger partial charge on any atom is 0.254 e. The number of benzene rings is 1. The molecule has 0 aliphatic carbocycles. The third kappa shape index (κ3) is 4.82. The molecule has 1 aromatic heterocycles. The van der Waals surface area contributed by atoms with E-state index in [-0.39, 0.29) is 11.6 Å². The van der Waals surface area contributed by atoms with E-state index in [1.165, 1.54) is 11.6 Å². The summed E-state index contributed by atoms with van der Waals surface area (Å²) in [6.07, 6.45) is 6.22. The maximum atomic E-state index is 13.7. The van der Waals surface area contributed by atoms with Crippen LogP contribution in [-0.4, -0.2) is 41.5 Å². The van der Waals surface area contributed by atoms with Gasteiger partial charge in [0.25, 0.3) is 5.91 Å². The molecule has 2 heterocycles. The SMILES string of the molecule is O=C(NC1CCN(CCc2ccncc2)CC1)c1ccc(F)cc1F. The van der Waals surface area contributed by atoms with Crippen LogP contribution in [0.25, 0.3) is 0 Å². The van der Waals surface area contributed by atoms with Gasteiger partial charge in [-0.3, -0.25) is 9.78 Å². The van der Waals surface area contributed by atoms with Gasteiger partial charge in [-0.1, -0.05) is 0 Å². The lowest BCUT2D eigenvalue weighted by atomic mass is 10.0. The molecule has 1 aliphatic heterocycles. The largest absolute Gasteiger partial charge is 0.349 e. The molecule has 132 valence electrons. The van der Waals surface area contributed by atoms with Crippen LogP contribution in [-0.2, 0) is 6.42 Å². The van der Waals surface area contributed by atoms with E-state index in [2.05, 4.69) is 15.2 Å². The minimum Gasteiger partial charge on any atom is -0.349 e. The van der Waals surface area contributed by atoms with Crippen LogP contribution in [0.15, 0.2) is 42.7 Å². The van der Waals surface area contributed by atoms with E-state index < -0.39 is 17.5 Å². The van der Waals surface area contributed by atoms with Gasteiger partial charge in [0.2, 0.25) is 0 Å². The van der Waals surface area contributed by atoms with Gasteiger partial charge in [0.1, 0.15) is 11.6 Å². The van der Waals surface area contributed by atoms with Gasteiger partial charge in [-0.2, -0.15) is 0 Å². The molecular formula is C19H21F2N3O. The van der Waals surface area contributed by atoms with Gasteiger partial charge < -0.3 is 10.2 Å². The third-order valence-corrected chi connectivity index (χ3v) is 4.56. The number of rotatable bonds is 5. The summed E-state index contributed by atoms with van der Waals surface area (Å²) in [5, 5.41) is 2.85. The van der Waals surface area contributed by atoms with Crippen LogP contribution in [0, 0.1) is 11.6 Å². The Morgan fingerprint density at radius 2 is 1.88 bits per heavy atom. The Hall–Kier alpha value is -2.34. The van der Waals surface area contributed by atoms with Crippen molar-refractivity contribution < 1.29 is 13.6 Å². The van der Waals surface area contributed by atoms with Crippen molar-refractivity contribution in [2.75, 3.05) is 19.6 Å². The highest BCUT2D eigenvalue weighted by molar-refractivity contribution is 5.94. The van der Waals surface area contributed by atoms with E-state index in [4.69, 9.17) is 0 Å². The van der Waals surface area contributed by atoms with E-state index >= 15 is 0 Å². The minimum absolute atomic E-state index is 0.0223. The van der Waals surface area contributed by atoms with Crippen LogP contribution in [0.5, 0.6) is 0 Å². The zero-order valence-electron chi connectivity index (χ0n) is 13.9. The second-order valence-corrected chi connectivity index (χ2v) is 6.32. The first-order valence-corrected chi connectivity index (χ1v) is 8.49. The molecule has 1 amide bonds. The second kappa shape index (κ2) is 8.16. The number of hydrogen-bond acceptors (Lipinski definition) is 3. The average molecular weight is 345 g/mol. The van der Waals surface area contributed by atoms with Crippen molar-refractivity contribution in [3.05, 3.63) is 65.5 Å². The quantitative estimate of drug-likeness (QED) is 0.906. The predicted octanol–water partition coefficient (Wildman–Crippen LogP) is 2.80. The Labute approximate surface area is 145 Å². The minimum atomic E-state index is -0.827. The summed E-state index contributed by atoms with van der Waals surface area (Å²) in [5.74, 6) is -1.99. The van der Waals surface area contributed by atoms with Gasteiger partial charge in [-0.05, 0) is 49.1 Å². The highest BCUT2D eigenvalue weighted by Gasteiger charge is 2.22. The van der Waals surface area contributed by atoms with E-state index in [0.717, 1.165) is 51.0 Å². The summed E-state index contributed by atoms with van der Waals surface area (Å²) >= 11 is 0. The highest BCUT2D eigenvalue weighted by Crippen LogP contribution is 2.14. The summed E-state index contributed by atoms with van der Waals surface area (Å²) in [4.78, 5) is 18.5. The number of halogens is 2. The van der Waals surface area contributed by atoms with Crippen LogP contribution in [0.3, 0.4) is 0 Å². The Kier molecular flexibility index (Phi) is 5.71. The number of carbonyl (C=O) groups excluding carboxylic acids is 1. The molecule has 1 saturated heterocycles. The number of nitrogens with one attached hydrogen (secondary N) is 1. The topological polar surface area (TPSA) is 45.2 Å². The lowest BCUT2D eigenvalue weighted by Crippen LogP contribution is -2.45. The van der Waals surface area contributed by atoms with Crippen molar-refractivity contribution in [2.24, 2.45) is 0 Å². The number of nitrogens with zero attached hydrogens (tertiary/aromatic N) is 2. The first-order chi connectivity index (χ1) is 12.1. The summed E-state index contributed by atoms with van der Waals surface area (Å²) in [6, 6.07) is 7.07. The van der Waals surface area contributed by atoms with Gasteiger partial charge in [0.15, 0.2) is 0 Å². The fraction of sp³-hybridized carbons (Fsp3) is 0.368. The molecule has 0 radical (unpaired) electrons. The van der Waals surface area contributed by atoms with E-state index in [9.17, 15) is 13.6 Å². The van der Waals surface area contributed by atoms with Crippen LogP contribution < -0.4 is 5.32 Å². The number of amides is 1. The van der Waals surface area contributed by atoms with E-state index in [1.807, 2.05) is 12.1 Å². The fourth-order valence-corrected chi connectivity index (χ4v) is 3.07. The summed E-state index contributed by atoms with van der Waals surface area (Å²) in [7, 11) is 0. The first-order valence-electron chi connectivity index (χ1n) is 8.49. The number of pyridine rings is 1. The van der Waals surface area contributed by atoms with Crippen molar-refractivity contribution in [1.82, 2.24) is 15.2 Å². The molecule has 0 unspecified atom stereocenters. The number of aromatic nitrogens is 1. The van der Waals surface area contributed by atoms with Crippen LogP contribution in [0.2, 0.25) is 0 Å². The number of hydrogen-bond donors (Lipinski definition) is 1. The summed E-state index contributed by atoms with van der Waals surface area (Å²) < 4.78 is 26.6. The average Bonchev–Trinajstić information content (AvgIpc) is 2.62. The molecule has 3 rings (SSSR count). The monoisotopic (exact) mass is 345 g/mol. The Balaban J connectivity index is 1.45. The molecule has 0 bridgehead atoms. The lowest BCUT2D eigenvalue weighted by Gasteiger charge is -2.32. The molecule has 0 spiro atoms. The Morgan fingerprint density at radius 3 is 2.56 bits per heavy atom. The molecule has 0 saturated carbocycles. The molecule has 2 aromatic rings. The van der Waals surface area contributed by atoms with Crippen molar-refractivity contribution >= 4 is 5.91 Å². The maximum absolute atomic E-state index is 13.7. The highest BCUT2D eigenvalue weighted by atomic mass is 19.1. The Morgan fingerprint density at radius 1 is 1.16 bits per heavy atom.